The first-order chi connectivity index (χ1) is 5.43. The van der Waals surface area contributed by atoms with Crippen LogP contribution in [0.15, 0.2) is 12.2 Å². The number of allylic oxidation sites excluding steroid dienone is 1. The normalized spacial score (nSPS) is 68.4. The Bertz CT molecular complexity index is 250. The van der Waals surface area contributed by atoms with E-state index in [1.165, 1.54) is 6.42 Å². The van der Waals surface area contributed by atoms with Crippen LogP contribution in [0.3, 0.4) is 0 Å². The van der Waals surface area contributed by atoms with E-state index in [0.29, 0.717) is 12.3 Å². The van der Waals surface area contributed by atoms with Gasteiger partial charge in [0.05, 0.1) is 0 Å². The first-order valence-electron chi connectivity index (χ1n) is 4.53. The highest BCUT2D eigenvalue weighted by molar-refractivity contribution is 5.23. The summed E-state index contributed by atoms with van der Waals surface area (Å²) in [5.41, 5.74) is 0. The molecule has 4 rings (SSSR count). The average Bonchev–Trinajstić information content (AvgIpc) is 2.53. The largest absolute Gasteiger partial charge is 0.353 e. The second-order valence-electron chi connectivity index (χ2n) is 4.24. The van der Waals surface area contributed by atoms with Gasteiger partial charge in [-0.15, -0.1) is 0 Å². The molecule has 2 aliphatic carbocycles. The molecule has 0 aromatic rings. The van der Waals surface area contributed by atoms with Gasteiger partial charge in [-0.2, -0.15) is 0 Å². The highest BCUT2D eigenvalue weighted by Crippen LogP contribution is 2.54. The third-order valence-electron chi connectivity index (χ3n) is 3.78. The summed E-state index contributed by atoms with van der Waals surface area (Å²) >= 11 is 0. The van der Waals surface area contributed by atoms with Crippen molar-refractivity contribution in [3.63, 3.8) is 0 Å². The summed E-state index contributed by atoms with van der Waals surface area (Å²) in [6.45, 7) is 0. The molecular weight excluding hydrogens is 138 g/mol. The lowest BCUT2D eigenvalue weighted by atomic mass is 9.89. The molecule has 0 spiro atoms. The zero-order valence-electron chi connectivity index (χ0n) is 6.23. The molecule has 0 aromatic carbocycles. The molecule has 58 valence electrons. The Morgan fingerprint density at radius 1 is 1.27 bits per heavy atom. The molecule has 1 saturated carbocycles. The molecule has 2 nitrogen and oxygen atoms in total. The number of epoxide rings is 1. The smallest absolute Gasteiger partial charge is 0.135 e. The van der Waals surface area contributed by atoms with Gasteiger partial charge in [0.2, 0.25) is 0 Å². The van der Waals surface area contributed by atoms with Crippen LogP contribution < -0.4 is 5.32 Å². The van der Waals surface area contributed by atoms with Crippen LogP contribution in [0.25, 0.3) is 0 Å². The van der Waals surface area contributed by atoms with Crippen molar-refractivity contribution in [2.24, 2.45) is 17.8 Å². The molecule has 6 unspecified atom stereocenters. The fourth-order valence-corrected chi connectivity index (χ4v) is 3.28. The zero-order valence-corrected chi connectivity index (χ0v) is 6.23. The molecule has 0 radical (unpaired) electrons. The van der Waals surface area contributed by atoms with Crippen molar-refractivity contribution in [2.75, 3.05) is 0 Å². The minimum Gasteiger partial charge on any atom is -0.353 e. The molecule has 2 heterocycles. The number of hydrogen-bond donors (Lipinski definition) is 1. The van der Waals surface area contributed by atoms with Crippen LogP contribution in [0.2, 0.25) is 0 Å². The summed E-state index contributed by atoms with van der Waals surface area (Å²) in [5.74, 6) is 2.51. The minimum atomic E-state index is 0.440. The molecule has 3 fully saturated rings. The highest BCUT2D eigenvalue weighted by Gasteiger charge is 2.63. The average molecular weight is 149 g/mol. The summed E-state index contributed by atoms with van der Waals surface area (Å²) in [6, 6.07) is 0.772. The van der Waals surface area contributed by atoms with Gasteiger partial charge < -0.3 is 4.74 Å². The van der Waals surface area contributed by atoms with Gasteiger partial charge in [-0.05, 0) is 18.3 Å². The molecule has 2 saturated heterocycles. The SMILES string of the molecule is C1=CC2CC1C1NC3OC3C21. The predicted molar refractivity (Wildman–Crippen MR) is 39.8 cm³/mol. The van der Waals surface area contributed by atoms with Crippen LogP contribution in [0.4, 0.5) is 0 Å². The first kappa shape index (κ1) is 5.33. The van der Waals surface area contributed by atoms with E-state index in [1.54, 1.807) is 0 Å². The quantitative estimate of drug-likeness (QED) is 0.401. The monoisotopic (exact) mass is 149 g/mol. The minimum absolute atomic E-state index is 0.440. The first-order valence-corrected chi connectivity index (χ1v) is 4.53. The van der Waals surface area contributed by atoms with Crippen LogP contribution >= 0.6 is 0 Å². The van der Waals surface area contributed by atoms with E-state index in [2.05, 4.69) is 17.5 Å². The van der Waals surface area contributed by atoms with E-state index in [4.69, 9.17) is 4.74 Å². The number of rotatable bonds is 0. The van der Waals surface area contributed by atoms with Crippen LogP contribution in [0, 0.1) is 17.8 Å². The molecular formula is C9H11NO. The van der Waals surface area contributed by atoms with E-state index < -0.39 is 0 Å². The summed E-state index contributed by atoms with van der Waals surface area (Å²) in [6.07, 6.45) is 7.20. The van der Waals surface area contributed by atoms with Gasteiger partial charge in [0.15, 0.2) is 0 Å². The van der Waals surface area contributed by atoms with Crippen molar-refractivity contribution in [3.05, 3.63) is 12.2 Å². The van der Waals surface area contributed by atoms with Crippen LogP contribution in [-0.2, 0) is 4.74 Å². The summed E-state index contributed by atoms with van der Waals surface area (Å²) < 4.78 is 5.47. The van der Waals surface area contributed by atoms with E-state index in [1.807, 2.05) is 0 Å². The Labute approximate surface area is 65.6 Å². The predicted octanol–water partition coefficient (Wildman–Crippen LogP) is 0.505. The summed E-state index contributed by atoms with van der Waals surface area (Å²) in [4.78, 5) is 0. The van der Waals surface area contributed by atoms with Gasteiger partial charge in [0.25, 0.3) is 0 Å². The molecule has 4 aliphatic rings. The lowest BCUT2D eigenvalue weighted by Crippen LogP contribution is -2.35. The van der Waals surface area contributed by atoms with Crippen LogP contribution in [0.1, 0.15) is 6.42 Å². The molecule has 0 aromatic heterocycles. The number of ether oxygens (including phenoxy) is 1. The van der Waals surface area contributed by atoms with Crippen LogP contribution in [0.5, 0.6) is 0 Å². The molecule has 2 bridgehead atoms. The molecule has 6 atom stereocenters. The lowest BCUT2D eigenvalue weighted by Gasteiger charge is -2.22. The maximum atomic E-state index is 5.47. The highest BCUT2D eigenvalue weighted by atomic mass is 16.6. The second kappa shape index (κ2) is 1.41. The van der Waals surface area contributed by atoms with Gasteiger partial charge in [-0.25, -0.2) is 0 Å². The van der Waals surface area contributed by atoms with Crippen LogP contribution in [-0.4, -0.2) is 18.4 Å². The van der Waals surface area contributed by atoms with Crippen molar-refractivity contribution < 1.29 is 4.74 Å². The maximum absolute atomic E-state index is 5.47. The molecule has 2 heteroatoms. The zero-order chi connectivity index (χ0) is 7.00. The Hall–Kier alpha value is -0.340. The van der Waals surface area contributed by atoms with E-state index >= 15 is 0 Å². The van der Waals surface area contributed by atoms with Gasteiger partial charge in [-0.3, -0.25) is 5.32 Å². The number of nitrogens with one attached hydrogen (secondary N) is 1. The Kier molecular flexibility index (Phi) is 0.684. The maximum Gasteiger partial charge on any atom is 0.135 e. The van der Waals surface area contributed by atoms with Crippen molar-refractivity contribution in [1.29, 1.82) is 0 Å². The Morgan fingerprint density at radius 3 is 3.09 bits per heavy atom. The van der Waals surface area contributed by atoms with Gasteiger partial charge >= 0.3 is 0 Å². The number of fused-ring (bicyclic) bond motifs is 7. The van der Waals surface area contributed by atoms with Crippen molar-refractivity contribution >= 4 is 0 Å². The van der Waals surface area contributed by atoms with Crippen molar-refractivity contribution in [3.8, 4) is 0 Å². The molecule has 11 heavy (non-hydrogen) atoms. The van der Waals surface area contributed by atoms with Crippen molar-refractivity contribution in [2.45, 2.75) is 24.8 Å². The Balaban J connectivity index is 1.81. The van der Waals surface area contributed by atoms with E-state index in [0.717, 1.165) is 23.8 Å². The summed E-state index contributed by atoms with van der Waals surface area (Å²) in [7, 11) is 0. The standard InChI is InChI=1S/C9H11NO/c1-2-5-3-4(1)6-7(5)10-9-8(6)11-9/h1-2,4-10H,3H2. The van der Waals surface area contributed by atoms with E-state index in [9.17, 15) is 0 Å². The summed E-state index contributed by atoms with van der Waals surface area (Å²) in [5, 5.41) is 3.55. The topological polar surface area (TPSA) is 24.6 Å². The molecule has 1 N–H and O–H groups in total. The Morgan fingerprint density at radius 2 is 2.18 bits per heavy atom. The van der Waals surface area contributed by atoms with Gasteiger partial charge in [-0.1, -0.05) is 12.2 Å². The van der Waals surface area contributed by atoms with Gasteiger partial charge in [0, 0.05) is 12.0 Å². The molecule has 2 aliphatic heterocycles. The third-order valence-corrected chi connectivity index (χ3v) is 3.78. The second-order valence-corrected chi connectivity index (χ2v) is 4.24. The molecule has 0 amide bonds. The number of hydrogen-bond acceptors (Lipinski definition) is 2. The third kappa shape index (κ3) is 0.472. The fourth-order valence-electron chi connectivity index (χ4n) is 3.28. The van der Waals surface area contributed by atoms with E-state index in [-0.39, 0.29) is 0 Å². The fraction of sp³-hybridized carbons (Fsp3) is 0.778. The van der Waals surface area contributed by atoms with Gasteiger partial charge in [0.1, 0.15) is 12.3 Å². The van der Waals surface area contributed by atoms with Crippen molar-refractivity contribution in [1.82, 2.24) is 5.32 Å². The lowest BCUT2D eigenvalue weighted by molar-refractivity contribution is 0.206.